The lowest BCUT2D eigenvalue weighted by Gasteiger charge is -2.34. The van der Waals surface area contributed by atoms with Crippen LogP contribution in [0, 0.1) is 0 Å². The third-order valence-corrected chi connectivity index (χ3v) is 13.5. The average Bonchev–Trinajstić information content (AvgIpc) is 3.72. The van der Waals surface area contributed by atoms with Gasteiger partial charge in [-0.1, -0.05) is 218 Å². The third kappa shape index (κ3) is 6.22. The molecule has 4 nitrogen and oxygen atoms in total. The van der Waals surface area contributed by atoms with E-state index in [1.54, 1.807) is 0 Å². The third-order valence-electron chi connectivity index (χ3n) is 13.5. The summed E-state index contributed by atoms with van der Waals surface area (Å²) in [5, 5.41) is 2.26. The van der Waals surface area contributed by atoms with Gasteiger partial charge in [0.15, 0.2) is 28.8 Å². The highest BCUT2D eigenvalue weighted by molar-refractivity contribution is 6.04. The number of benzene rings is 10. The first kappa shape index (κ1) is 38.6. The van der Waals surface area contributed by atoms with Crippen LogP contribution in [0.5, 0.6) is 23.0 Å². The van der Waals surface area contributed by atoms with Crippen molar-refractivity contribution in [2.75, 3.05) is 0 Å². The molecule has 0 fully saturated rings. The quantitative estimate of drug-likeness (QED) is 0.160. The van der Waals surface area contributed by atoms with E-state index in [-0.39, 0.29) is 0 Å². The summed E-state index contributed by atoms with van der Waals surface area (Å²) in [6.07, 6.45) is 0. The Bertz CT molecular complexity index is 3630. The Balaban J connectivity index is 0.909. The molecule has 0 bridgehead atoms. The topological polar surface area (TPSA) is 44.2 Å². The summed E-state index contributed by atoms with van der Waals surface area (Å²) in [5.41, 5.74) is 15.4. The van der Waals surface area contributed by atoms with Crippen LogP contribution in [0.1, 0.15) is 22.3 Å². The molecular formula is C63H40N2O2. The number of nitrogens with zero attached hydrogens (tertiary/aromatic N) is 2. The van der Waals surface area contributed by atoms with E-state index < -0.39 is 5.41 Å². The van der Waals surface area contributed by atoms with Crippen molar-refractivity contribution in [1.82, 2.24) is 9.97 Å². The van der Waals surface area contributed by atoms with Crippen LogP contribution in [-0.2, 0) is 5.41 Å². The summed E-state index contributed by atoms with van der Waals surface area (Å²) in [6, 6.07) is 85.3. The second kappa shape index (κ2) is 15.7. The van der Waals surface area contributed by atoms with E-state index in [1.165, 1.54) is 27.8 Å². The van der Waals surface area contributed by atoms with Gasteiger partial charge in [-0.25, -0.2) is 9.97 Å². The van der Waals surface area contributed by atoms with Crippen LogP contribution < -0.4 is 9.47 Å². The number of fused-ring (bicyclic) bond motifs is 7. The van der Waals surface area contributed by atoms with Crippen LogP contribution in [0.25, 0.3) is 78.1 Å². The van der Waals surface area contributed by atoms with Gasteiger partial charge < -0.3 is 9.47 Å². The lowest BCUT2D eigenvalue weighted by atomic mass is 9.68. The van der Waals surface area contributed by atoms with Crippen LogP contribution in [0.3, 0.4) is 0 Å². The van der Waals surface area contributed by atoms with Crippen molar-refractivity contribution >= 4 is 10.8 Å². The van der Waals surface area contributed by atoms with Crippen molar-refractivity contribution in [2.45, 2.75) is 5.41 Å². The predicted molar refractivity (Wildman–Crippen MR) is 271 cm³/mol. The van der Waals surface area contributed by atoms with E-state index >= 15 is 0 Å². The smallest absolute Gasteiger partial charge is 0.178 e. The average molecular weight is 857 g/mol. The molecule has 10 aromatic carbocycles. The molecule has 0 saturated carbocycles. The van der Waals surface area contributed by atoms with Gasteiger partial charge in [-0.2, -0.15) is 0 Å². The molecule has 1 aliphatic heterocycles. The Hall–Kier alpha value is -8.86. The van der Waals surface area contributed by atoms with Gasteiger partial charge in [-0.15, -0.1) is 0 Å². The Morgan fingerprint density at radius 3 is 1.51 bits per heavy atom. The summed E-state index contributed by atoms with van der Waals surface area (Å²) in [7, 11) is 0. The summed E-state index contributed by atoms with van der Waals surface area (Å²) in [4.78, 5) is 10.5. The van der Waals surface area contributed by atoms with Gasteiger partial charge in [0.1, 0.15) is 0 Å². The molecule has 13 rings (SSSR count). The first-order valence-corrected chi connectivity index (χ1v) is 22.7. The monoisotopic (exact) mass is 856 g/mol. The summed E-state index contributed by atoms with van der Waals surface area (Å²) < 4.78 is 14.0. The number of para-hydroxylation sites is 1. The SMILES string of the molecule is c1ccc(-c2cc(-c3ccc(-c4cccc5c4Oc4c(ccc6c4-c4ccccc4C6(c4ccccc4)c4ccccc4)O5)cc3)nc(-c3ccc(-c4ccccc4)c4ccccc34)n2)cc1. The molecule has 0 N–H and O–H groups in total. The van der Waals surface area contributed by atoms with E-state index in [0.717, 1.165) is 72.4 Å². The maximum atomic E-state index is 7.20. The van der Waals surface area contributed by atoms with Crippen molar-refractivity contribution in [2.24, 2.45) is 0 Å². The number of rotatable bonds is 7. The molecule has 11 aromatic rings. The van der Waals surface area contributed by atoms with Crippen LogP contribution in [0.15, 0.2) is 243 Å². The van der Waals surface area contributed by atoms with Crippen LogP contribution in [-0.4, -0.2) is 9.97 Å². The van der Waals surface area contributed by atoms with Gasteiger partial charge in [-0.3, -0.25) is 0 Å². The zero-order valence-corrected chi connectivity index (χ0v) is 36.3. The summed E-state index contributed by atoms with van der Waals surface area (Å²) >= 11 is 0. The zero-order valence-electron chi connectivity index (χ0n) is 36.3. The van der Waals surface area contributed by atoms with Crippen molar-refractivity contribution in [3.8, 4) is 90.3 Å². The van der Waals surface area contributed by atoms with E-state index in [1.807, 2.05) is 18.2 Å². The lowest BCUT2D eigenvalue weighted by molar-refractivity contribution is 0.361. The fraction of sp³-hybridized carbons (Fsp3) is 0.0159. The standard InChI is InChI=1S/C63H40N2O2/c1-5-18-41(19-6-1)47-36-37-51(50-27-14-13-26-49(47)50)62-64-55(43-20-7-2-8-21-43)40-56(65-62)44-34-32-42(33-35-44)48-29-17-31-57-60(48)67-61-58(66-57)39-38-54-59(61)52-28-15-16-30-53(52)63(54,45-22-9-3-10-23-45)46-24-11-4-12-25-46/h1-40H. The van der Waals surface area contributed by atoms with Gasteiger partial charge in [0, 0.05) is 27.8 Å². The highest BCUT2D eigenvalue weighted by Crippen LogP contribution is 2.63. The number of hydrogen-bond acceptors (Lipinski definition) is 4. The Labute approximate surface area is 389 Å². The van der Waals surface area contributed by atoms with E-state index in [4.69, 9.17) is 19.4 Å². The van der Waals surface area contributed by atoms with Gasteiger partial charge in [0.05, 0.1) is 16.8 Å². The van der Waals surface area contributed by atoms with Crippen molar-refractivity contribution in [1.29, 1.82) is 0 Å². The molecule has 0 saturated heterocycles. The van der Waals surface area contributed by atoms with Crippen LogP contribution in [0.4, 0.5) is 0 Å². The minimum Gasteiger partial charge on any atom is -0.449 e. The van der Waals surface area contributed by atoms with Crippen molar-refractivity contribution in [3.05, 3.63) is 265 Å². The first-order chi connectivity index (χ1) is 33.2. The minimum atomic E-state index is -0.553. The molecule has 0 amide bonds. The second-order valence-corrected chi connectivity index (χ2v) is 17.2. The molecule has 0 unspecified atom stereocenters. The second-order valence-electron chi connectivity index (χ2n) is 17.2. The number of ether oxygens (including phenoxy) is 2. The highest BCUT2D eigenvalue weighted by Gasteiger charge is 2.48. The minimum absolute atomic E-state index is 0.553. The largest absolute Gasteiger partial charge is 0.449 e. The summed E-state index contributed by atoms with van der Waals surface area (Å²) in [6.45, 7) is 0. The molecule has 1 aromatic heterocycles. The highest BCUT2D eigenvalue weighted by atomic mass is 16.6. The van der Waals surface area contributed by atoms with Gasteiger partial charge >= 0.3 is 0 Å². The van der Waals surface area contributed by atoms with Crippen molar-refractivity contribution in [3.63, 3.8) is 0 Å². The van der Waals surface area contributed by atoms with Crippen LogP contribution in [0.2, 0.25) is 0 Å². The van der Waals surface area contributed by atoms with Gasteiger partial charge in [0.25, 0.3) is 0 Å². The fourth-order valence-electron chi connectivity index (χ4n) is 10.5. The van der Waals surface area contributed by atoms with E-state index in [9.17, 15) is 0 Å². The Kier molecular flexibility index (Phi) is 9.04. The maximum absolute atomic E-state index is 7.20. The number of aromatic nitrogens is 2. The molecule has 314 valence electrons. The normalized spacial score (nSPS) is 12.8. The molecule has 1 aliphatic carbocycles. The van der Waals surface area contributed by atoms with Crippen molar-refractivity contribution < 1.29 is 9.47 Å². The van der Waals surface area contributed by atoms with E-state index in [2.05, 4.69) is 224 Å². The lowest BCUT2D eigenvalue weighted by Crippen LogP contribution is -2.28. The molecule has 0 radical (unpaired) electrons. The van der Waals surface area contributed by atoms with Crippen LogP contribution >= 0.6 is 0 Å². The fourth-order valence-corrected chi connectivity index (χ4v) is 10.5. The molecule has 0 atom stereocenters. The predicted octanol–water partition coefficient (Wildman–Crippen LogP) is 16.2. The summed E-state index contributed by atoms with van der Waals surface area (Å²) in [5.74, 6) is 3.46. The molecule has 2 heterocycles. The maximum Gasteiger partial charge on any atom is 0.178 e. The van der Waals surface area contributed by atoms with Gasteiger partial charge in [0.2, 0.25) is 0 Å². The van der Waals surface area contributed by atoms with E-state index in [0.29, 0.717) is 23.1 Å². The zero-order chi connectivity index (χ0) is 44.3. The number of hydrogen-bond donors (Lipinski definition) is 0. The molecular weight excluding hydrogens is 817 g/mol. The molecule has 67 heavy (non-hydrogen) atoms. The molecule has 0 spiro atoms. The van der Waals surface area contributed by atoms with Gasteiger partial charge in [-0.05, 0) is 79.5 Å². The molecule has 2 aliphatic rings. The Morgan fingerprint density at radius 2 is 0.821 bits per heavy atom. The Morgan fingerprint density at radius 1 is 0.313 bits per heavy atom. The molecule has 4 heteroatoms. The first-order valence-electron chi connectivity index (χ1n) is 22.7.